The van der Waals surface area contributed by atoms with Gasteiger partial charge in [-0.2, -0.15) is 10.2 Å². The number of hydrogen-bond acceptors (Lipinski definition) is 9. The predicted molar refractivity (Wildman–Crippen MR) is 139 cm³/mol. The lowest BCUT2D eigenvalue weighted by Gasteiger charge is -2.30. The molecule has 2 saturated heterocycles. The molecule has 1 aromatic carbocycles. The molecule has 198 valence electrons. The fraction of sp³-hybridized carbons (Fsp3) is 0.500. The van der Waals surface area contributed by atoms with Crippen LogP contribution in [0.1, 0.15) is 57.1 Å². The Morgan fingerprint density at radius 2 is 2.11 bits per heavy atom. The number of likely N-dealkylation sites (tertiary alicyclic amines) is 1. The molecule has 0 aliphatic carbocycles. The van der Waals surface area contributed by atoms with Gasteiger partial charge in [-0.1, -0.05) is 16.8 Å². The van der Waals surface area contributed by atoms with E-state index in [1.807, 2.05) is 13.8 Å². The summed E-state index contributed by atoms with van der Waals surface area (Å²) in [5.74, 6) is 0.558. The molecule has 0 radical (unpaired) electrons. The standard InChI is InChI=1S/C26H28ClN7O4/c1-26(2)8-7-19(37-26)24-30-23(31-38-24)20-22-25(36)33(11-10-32-9-3-4-15(35)13-32)21-16(12-28)17(27)5-6-18(21)34(22)14-29-20/h5-6,14-15,19,35H,3-4,7-11,13H2,1-2H3. The third-order valence-corrected chi connectivity index (χ3v) is 7.80. The monoisotopic (exact) mass is 537 g/mol. The van der Waals surface area contributed by atoms with Crippen LogP contribution in [0, 0.1) is 11.3 Å². The summed E-state index contributed by atoms with van der Waals surface area (Å²) in [6.45, 7) is 6.26. The normalized spacial score (nSPS) is 21.9. The van der Waals surface area contributed by atoms with Crippen LogP contribution in [0.4, 0.5) is 0 Å². The van der Waals surface area contributed by atoms with Gasteiger partial charge < -0.3 is 18.9 Å². The number of β-amino-alcohol motifs (C(OH)–C–C–N with tert-alkyl or cyclic N) is 1. The number of fused-ring (bicyclic) bond motifs is 3. The molecule has 2 aliphatic rings. The number of nitriles is 1. The number of benzene rings is 1. The van der Waals surface area contributed by atoms with Crippen LogP contribution < -0.4 is 5.56 Å². The lowest BCUT2D eigenvalue weighted by atomic mass is 10.1. The van der Waals surface area contributed by atoms with Crippen LogP contribution in [0.3, 0.4) is 0 Å². The molecule has 2 fully saturated rings. The van der Waals surface area contributed by atoms with E-state index in [4.69, 9.17) is 20.9 Å². The van der Waals surface area contributed by atoms with Gasteiger partial charge in [-0.3, -0.25) is 14.1 Å². The van der Waals surface area contributed by atoms with Crippen molar-refractivity contribution in [3.63, 3.8) is 0 Å². The van der Waals surface area contributed by atoms with Crippen molar-refractivity contribution in [3.05, 3.63) is 45.3 Å². The van der Waals surface area contributed by atoms with E-state index in [-0.39, 0.29) is 45.3 Å². The number of aromatic nitrogens is 5. The van der Waals surface area contributed by atoms with Gasteiger partial charge in [0.05, 0.1) is 33.3 Å². The Morgan fingerprint density at radius 1 is 1.26 bits per heavy atom. The first-order valence-corrected chi connectivity index (χ1v) is 13.2. The number of piperidine rings is 1. The Kier molecular flexibility index (Phi) is 6.23. The number of imidazole rings is 1. The van der Waals surface area contributed by atoms with Crippen LogP contribution in [-0.4, -0.2) is 65.4 Å². The van der Waals surface area contributed by atoms with Gasteiger partial charge in [0, 0.05) is 19.6 Å². The third kappa shape index (κ3) is 4.27. The minimum absolute atomic E-state index is 0.201. The van der Waals surface area contributed by atoms with Crippen molar-refractivity contribution in [1.82, 2.24) is 29.0 Å². The van der Waals surface area contributed by atoms with Crippen LogP contribution in [-0.2, 0) is 11.3 Å². The number of aliphatic hydroxyl groups excluding tert-OH is 1. The maximum absolute atomic E-state index is 14.0. The van der Waals surface area contributed by atoms with E-state index in [0.717, 1.165) is 32.2 Å². The number of ether oxygens (including phenoxy) is 1. The highest BCUT2D eigenvalue weighted by Gasteiger charge is 2.36. The largest absolute Gasteiger partial charge is 0.392 e. The summed E-state index contributed by atoms with van der Waals surface area (Å²) in [4.78, 5) is 25.2. The van der Waals surface area contributed by atoms with Gasteiger partial charge >= 0.3 is 0 Å². The Hall–Kier alpha value is -3.30. The summed E-state index contributed by atoms with van der Waals surface area (Å²) in [6.07, 6.45) is 4.13. The first-order valence-electron chi connectivity index (χ1n) is 12.8. The minimum atomic E-state index is -0.382. The van der Waals surface area contributed by atoms with Gasteiger partial charge in [-0.25, -0.2) is 4.98 Å². The van der Waals surface area contributed by atoms with Gasteiger partial charge in [-0.15, -0.1) is 0 Å². The van der Waals surface area contributed by atoms with E-state index in [1.54, 1.807) is 21.1 Å². The van der Waals surface area contributed by atoms with Crippen LogP contribution in [0.2, 0.25) is 5.02 Å². The minimum Gasteiger partial charge on any atom is -0.392 e. The lowest BCUT2D eigenvalue weighted by molar-refractivity contribution is -0.0292. The summed E-state index contributed by atoms with van der Waals surface area (Å²) >= 11 is 6.38. The van der Waals surface area contributed by atoms with Crippen molar-refractivity contribution in [2.45, 2.75) is 63.9 Å². The molecule has 0 bridgehead atoms. The number of hydrogen-bond donors (Lipinski definition) is 1. The summed E-state index contributed by atoms with van der Waals surface area (Å²) in [6, 6.07) is 5.58. The second-order valence-corrected chi connectivity index (χ2v) is 11.0. The van der Waals surface area contributed by atoms with Crippen molar-refractivity contribution in [1.29, 1.82) is 5.26 Å². The second-order valence-electron chi connectivity index (χ2n) is 10.6. The summed E-state index contributed by atoms with van der Waals surface area (Å²) < 4.78 is 14.8. The molecule has 2 aliphatic heterocycles. The average Bonchev–Trinajstić information content (AvgIpc) is 3.62. The second kappa shape index (κ2) is 9.47. The zero-order valence-electron chi connectivity index (χ0n) is 21.2. The van der Waals surface area contributed by atoms with E-state index in [9.17, 15) is 15.2 Å². The van der Waals surface area contributed by atoms with E-state index >= 15 is 0 Å². The molecular weight excluding hydrogens is 510 g/mol. The maximum atomic E-state index is 14.0. The van der Waals surface area contributed by atoms with Crippen molar-refractivity contribution < 1.29 is 14.4 Å². The number of nitrogens with zero attached hydrogens (tertiary/aromatic N) is 7. The fourth-order valence-electron chi connectivity index (χ4n) is 5.56. The maximum Gasteiger partial charge on any atom is 0.277 e. The molecular formula is C26H28ClN7O4. The molecule has 12 heteroatoms. The van der Waals surface area contributed by atoms with E-state index < -0.39 is 0 Å². The predicted octanol–water partition coefficient (Wildman–Crippen LogP) is 3.31. The molecule has 2 unspecified atom stereocenters. The van der Waals surface area contributed by atoms with Crippen LogP contribution >= 0.6 is 11.6 Å². The SMILES string of the molecule is CC1(C)CCC(c2nc(-c3ncn4c3c(=O)n(CCN3CCCC(O)C3)c3c(C#N)c(Cl)ccc34)no2)O1. The first kappa shape index (κ1) is 25.0. The van der Waals surface area contributed by atoms with Gasteiger partial charge in [0.1, 0.15) is 29.7 Å². The molecule has 11 nitrogen and oxygen atoms in total. The van der Waals surface area contributed by atoms with Crippen molar-refractivity contribution in [2.24, 2.45) is 0 Å². The van der Waals surface area contributed by atoms with Gasteiger partial charge in [0.25, 0.3) is 11.4 Å². The summed E-state index contributed by atoms with van der Waals surface area (Å²) in [7, 11) is 0. The Bertz CT molecular complexity index is 1630. The fourth-order valence-corrected chi connectivity index (χ4v) is 5.76. The number of aliphatic hydroxyl groups is 1. The first-order chi connectivity index (χ1) is 18.3. The summed E-state index contributed by atoms with van der Waals surface area (Å²) in [5, 5.41) is 24.4. The number of halogens is 1. The zero-order chi connectivity index (χ0) is 26.6. The molecule has 2 atom stereocenters. The molecule has 4 aromatic rings. The Morgan fingerprint density at radius 3 is 2.84 bits per heavy atom. The lowest BCUT2D eigenvalue weighted by Crippen LogP contribution is -2.41. The van der Waals surface area contributed by atoms with Crippen molar-refractivity contribution in [3.8, 4) is 17.6 Å². The smallest absolute Gasteiger partial charge is 0.277 e. The van der Waals surface area contributed by atoms with Gasteiger partial charge in [0.15, 0.2) is 0 Å². The zero-order valence-corrected chi connectivity index (χ0v) is 22.0. The quantitative estimate of drug-likeness (QED) is 0.406. The van der Waals surface area contributed by atoms with E-state index in [1.165, 1.54) is 6.33 Å². The number of rotatable bonds is 5. The topological polar surface area (TPSA) is 135 Å². The van der Waals surface area contributed by atoms with Crippen LogP contribution in [0.25, 0.3) is 28.1 Å². The molecule has 1 N–H and O–H groups in total. The van der Waals surface area contributed by atoms with Crippen molar-refractivity contribution in [2.75, 3.05) is 19.6 Å². The molecule has 38 heavy (non-hydrogen) atoms. The van der Waals surface area contributed by atoms with Crippen molar-refractivity contribution >= 4 is 28.2 Å². The Balaban J connectivity index is 1.47. The van der Waals surface area contributed by atoms with Gasteiger partial charge in [0.2, 0.25) is 5.82 Å². The van der Waals surface area contributed by atoms with Crippen LogP contribution in [0.5, 0.6) is 0 Å². The van der Waals surface area contributed by atoms with Crippen LogP contribution in [0.15, 0.2) is 27.8 Å². The molecule has 3 aromatic heterocycles. The average molecular weight is 538 g/mol. The highest BCUT2D eigenvalue weighted by Crippen LogP contribution is 2.39. The molecule has 0 spiro atoms. The molecule has 6 rings (SSSR count). The molecule has 0 amide bonds. The van der Waals surface area contributed by atoms with E-state index in [2.05, 4.69) is 26.1 Å². The molecule has 5 heterocycles. The highest BCUT2D eigenvalue weighted by atomic mass is 35.5. The Labute approximate surface area is 223 Å². The highest BCUT2D eigenvalue weighted by molar-refractivity contribution is 6.32. The van der Waals surface area contributed by atoms with E-state index in [0.29, 0.717) is 42.3 Å². The third-order valence-electron chi connectivity index (χ3n) is 7.48. The summed E-state index contributed by atoms with van der Waals surface area (Å²) in [5.41, 5.74) is 1.24. The van der Waals surface area contributed by atoms with Gasteiger partial charge in [-0.05, 0) is 58.2 Å². The molecule has 0 saturated carbocycles.